The number of benzene rings is 1. The Labute approximate surface area is 93.5 Å². The van der Waals surface area contributed by atoms with Gasteiger partial charge < -0.3 is 5.73 Å². The molecule has 84 valence electrons. The standard InChI is InChI=1S/C12H14FN3/c1-12(2,3)10-7-5-4-6-8(13)9(7)15-11(14)16-10/h4-6H,1-3H3,(H2,14,15,16). The molecule has 0 aliphatic rings. The Hall–Kier alpha value is -1.71. The number of hydrogen-bond donors (Lipinski definition) is 1. The summed E-state index contributed by atoms with van der Waals surface area (Å²) < 4.78 is 13.6. The molecule has 2 N–H and O–H groups in total. The second-order valence-corrected chi connectivity index (χ2v) is 4.82. The minimum absolute atomic E-state index is 0.113. The summed E-state index contributed by atoms with van der Waals surface area (Å²) in [4.78, 5) is 8.15. The third-order valence-electron chi connectivity index (χ3n) is 2.41. The van der Waals surface area contributed by atoms with Crippen molar-refractivity contribution in [2.75, 3.05) is 5.73 Å². The van der Waals surface area contributed by atoms with E-state index in [9.17, 15) is 4.39 Å². The van der Waals surface area contributed by atoms with Crippen molar-refractivity contribution in [3.8, 4) is 0 Å². The van der Waals surface area contributed by atoms with Crippen molar-refractivity contribution in [1.29, 1.82) is 0 Å². The summed E-state index contributed by atoms with van der Waals surface area (Å²) in [5, 5.41) is 0.724. The predicted octanol–water partition coefficient (Wildman–Crippen LogP) is 2.65. The average Bonchev–Trinajstić information content (AvgIpc) is 2.17. The van der Waals surface area contributed by atoms with Crippen molar-refractivity contribution in [3.05, 3.63) is 29.7 Å². The van der Waals surface area contributed by atoms with Crippen LogP contribution in [0.5, 0.6) is 0 Å². The Morgan fingerprint density at radius 2 is 1.88 bits per heavy atom. The van der Waals surface area contributed by atoms with E-state index in [0.717, 1.165) is 11.1 Å². The smallest absolute Gasteiger partial charge is 0.220 e. The van der Waals surface area contributed by atoms with Crippen LogP contribution in [0.3, 0.4) is 0 Å². The van der Waals surface area contributed by atoms with E-state index in [1.54, 1.807) is 6.07 Å². The van der Waals surface area contributed by atoms with E-state index in [-0.39, 0.29) is 17.2 Å². The lowest BCUT2D eigenvalue weighted by Gasteiger charge is -2.20. The Bertz CT molecular complexity index is 544. The van der Waals surface area contributed by atoms with Gasteiger partial charge in [-0.15, -0.1) is 0 Å². The van der Waals surface area contributed by atoms with Crippen LogP contribution in [0.15, 0.2) is 18.2 Å². The van der Waals surface area contributed by atoms with Crippen molar-refractivity contribution in [3.63, 3.8) is 0 Å². The van der Waals surface area contributed by atoms with Gasteiger partial charge in [-0.05, 0) is 6.07 Å². The lowest BCUT2D eigenvalue weighted by molar-refractivity contribution is 0.574. The molecular weight excluding hydrogens is 205 g/mol. The first-order valence-electron chi connectivity index (χ1n) is 5.12. The fourth-order valence-electron chi connectivity index (χ4n) is 1.71. The van der Waals surface area contributed by atoms with Crippen molar-refractivity contribution < 1.29 is 4.39 Å². The van der Waals surface area contributed by atoms with Gasteiger partial charge in [-0.1, -0.05) is 32.9 Å². The SMILES string of the molecule is CC(C)(C)c1nc(N)nc2c(F)cccc12. The Morgan fingerprint density at radius 3 is 2.50 bits per heavy atom. The van der Waals surface area contributed by atoms with Gasteiger partial charge in [0, 0.05) is 10.8 Å². The normalized spacial score (nSPS) is 12.0. The van der Waals surface area contributed by atoms with Gasteiger partial charge in [0.15, 0.2) is 0 Å². The van der Waals surface area contributed by atoms with Crippen LogP contribution in [0, 0.1) is 5.82 Å². The zero-order chi connectivity index (χ0) is 11.9. The van der Waals surface area contributed by atoms with Gasteiger partial charge in [-0.25, -0.2) is 14.4 Å². The molecule has 0 amide bonds. The highest BCUT2D eigenvalue weighted by atomic mass is 19.1. The number of hydrogen-bond acceptors (Lipinski definition) is 3. The number of nitrogens with zero attached hydrogens (tertiary/aromatic N) is 2. The predicted molar refractivity (Wildman–Crippen MR) is 62.6 cm³/mol. The van der Waals surface area contributed by atoms with Crippen LogP contribution >= 0.6 is 0 Å². The maximum atomic E-state index is 13.6. The number of anilines is 1. The van der Waals surface area contributed by atoms with Crippen molar-refractivity contribution in [2.45, 2.75) is 26.2 Å². The Kier molecular flexibility index (Phi) is 2.30. The molecule has 2 rings (SSSR count). The van der Waals surface area contributed by atoms with Gasteiger partial charge >= 0.3 is 0 Å². The van der Waals surface area contributed by atoms with E-state index in [0.29, 0.717) is 5.52 Å². The van der Waals surface area contributed by atoms with Crippen LogP contribution in [0.1, 0.15) is 26.5 Å². The molecule has 4 heteroatoms. The van der Waals surface area contributed by atoms with E-state index < -0.39 is 0 Å². The number of nitrogens with two attached hydrogens (primary N) is 1. The first-order chi connectivity index (χ1) is 7.39. The minimum Gasteiger partial charge on any atom is -0.368 e. The summed E-state index contributed by atoms with van der Waals surface area (Å²) >= 11 is 0. The van der Waals surface area contributed by atoms with E-state index in [2.05, 4.69) is 9.97 Å². The van der Waals surface area contributed by atoms with Gasteiger partial charge in [0.25, 0.3) is 0 Å². The summed E-state index contributed by atoms with van der Waals surface area (Å²) in [5.74, 6) is -0.250. The fourth-order valence-corrected chi connectivity index (χ4v) is 1.71. The van der Waals surface area contributed by atoms with Crippen molar-refractivity contribution in [1.82, 2.24) is 9.97 Å². The molecule has 0 bridgehead atoms. The summed E-state index contributed by atoms with van der Waals surface area (Å²) in [7, 11) is 0. The lowest BCUT2D eigenvalue weighted by atomic mass is 9.89. The van der Waals surface area contributed by atoms with E-state index >= 15 is 0 Å². The molecule has 3 nitrogen and oxygen atoms in total. The van der Waals surface area contributed by atoms with Crippen LogP contribution in [0.4, 0.5) is 10.3 Å². The summed E-state index contributed by atoms with van der Waals surface area (Å²) in [6, 6.07) is 4.85. The highest BCUT2D eigenvalue weighted by Crippen LogP contribution is 2.28. The van der Waals surface area contributed by atoms with Crippen molar-refractivity contribution >= 4 is 16.9 Å². The van der Waals surface area contributed by atoms with Gasteiger partial charge in [0.05, 0.1) is 5.69 Å². The number of para-hydroxylation sites is 1. The van der Waals surface area contributed by atoms with Crippen LogP contribution in [-0.4, -0.2) is 9.97 Å². The summed E-state index contributed by atoms with van der Waals surface area (Å²) in [6.07, 6.45) is 0. The zero-order valence-corrected chi connectivity index (χ0v) is 9.58. The molecule has 0 saturated carbocycles. The lowest BCUT2D eigenvalue weighted by Crippen LogP contribution is -2.16. The number of rotatable bonds is 0. The zero-order valence-electron chi connectivity index (χ0n) is 9.58. The molecule has 1 aromatic carbocycles. The minimum atomic E-state index is -0.364. The maximum absolute atomic E-state index is 13.6. The van der Waals surface area contributed by atoms with Gasteiger partial charge in [-0.3, -0.25) is 0 Å². The number of aromatic nitrogens is 2. The van der Waals surface area contributed by atoms with Crippen LogP contribution in [0.25, 0.3) is 10.9 Å². The Balaban J connectivity index is 2.89. The van der Waals surface area contributed by atoms with E-state index in [1.165, 1.54) is 6.07 Å². The first kappa shape index (κ1) is 10.8. The summed E-state index contributed by atoms with van der Waals surface area (Å²) in [6.45, 7) is 6.04. The number of fused-ring (bicyclic) bond motifs is 1. The molecule has 0 saturated heterocycles. The molecule has 0 unspecified atom stereocenters. The third-order valence-corrected chi connectivity index (χ3v) is 2.41. The van der Waals surface area contributed by atoms with Crippen LogP contribution < -0.4 is 5.73 Å². The van der Waals surface area contributed by atoms with Gasteiger partial charge in [0.1, 0.15) is 11.3 Å². The number of halogens is 1. The molecule has 0 spiro atoms. The number of nitrogen functional groups attached to an aromatic ring is 1. The fraction of sp³-hybridized carbons (Fsp3) is 0.333. The highest BCUT2D eigenvalue weighted by molar-refractivity contribution is 5.83. The van der Waals surface area contributed by atoms with Crippen LogP contribution in [0.2, 0.25) is 0 Å². The molecule has 1 heterocycles. The molecular formula is C12H14FN3. The second kappa shape index (κ2) is 3.40. The molecule has 1 aromatic heterocycles. The molecule has 0 aliphatic heterocycles. The average molecular weight is 219 g/mol. The quantitative estimate of drug-likeness (QED) is 0.741. The maximum Gasteiger partial charge on any atom is 0.220 e. The Morgan fingerprint density at radius 1 is 1.19 bits per heavy atom. The largest absolute Gasteiger partial charge is 0.368 e. The van der Waals surface area contributed by atoms with Gasteiger partial charge in [0.2, 0.25) is 5.95 Å². The summed E-state index contributed by atoms with van der Waals surface area (Å²) in [5.41, 5.74) is 6.47. The molecule has 16 heavy (non-hydrogen) atoms. The molecule has 2 aromatic rings. The monoisotopic (exact) mass is 219 g/mol. The molecule has 0 atom stereocenters. The van der Waals surface area contributed by atoms with E-state index in [4.69, 9.17) is 5.73 Å². The topological polar surface area (TPSA) is 51.8 Å². The highest BCUT2D eigenvalue weighted by Gasteiger charge is 2.21. The first-order valence-corrected chi connectivity index (χ1v) is 5.12. The second-order valence-electron chi connectivity index (χ2n) is 4.82. The molecule has 0 fully saturated rings. The van der Waals surface area contributed by atoms with Crippen LogP contribution in [-0.2, 0) is 5.41 Å². The van der Waals surface area contributed by atoms with Crippen molar-refractivity contribution in [2.24, 2.45) is 0 Å². The molecule has 0 aliphatic carbocycles. The third kappa shape index (κ3) is 1.71. The van der Waals surface area contributed by atoms with E-state index in [1.807, 2.05) is 26.8 Å². The van der Waals surface area contributed by atoms with Gasteiger partial charge in [-0.2, -0.15) is 0 Å². The molecule has 0 radical (unpaired) electrons.